The van der Waals surface area contributed by atoms with Gasteiger partial charge in [-0.15, -0.1) is 0 Å². The third-order valence-corrected chi connectivity index (χ3v) is 6.30. The van der Waals surface area contributed by atoms with Crippen molar-refractivity contribution in [1.82, 2.24) is 19.6 Å². The number of aryl methyl sites for hydroxylation is 1. The molecule has 0 bridgehead atoms. The first-order chi connectivity index (χ1) is 17.0. The second-order valence-electron chi connectivity index (χ2n) is 9.65. The van der Waals surface area contributed by atoms with E-state index in [0.717, 1.165) is 5.75 Å². The highest BCUT2D eigenvalue weighted by atomic mass is 35.5. The second-order valence-corrected chi connectivity index (χ2v) is 10.1. The van der Waals surface area contributed by atoms with Crippen molar-refractivity contribution in [2.24, 2.45) is 0 Å². The summed E-state index contributed by atoms with van der Waals surface area (Å²) < 4.78 is 23.2. The van der Waals surface area contributed by atoms with Gasteiger partial charge in [0.15, 0.2) is 12.4 Å². The van der Waals surface area contributed by atoms with E-state index in [2.05, 4.69) is 36.3 Å². The maximum Gasteiger partial charge on any atom is 0.276 e. The van der Waals surface area contributed by atoms with E-state index in [1.54, 1.807) is 40.7 Å². The van der Waals surface area contributed by atoms with E-state index in [-0.39, 0.29) is 30.3 Å². The number of aromatic nitrogens is 4. The van der Waals surface area contributed by atoms with Gasteiger partial charge in [0.2, 0.25) is 0 Å². The summed E-state index contributed by atoms with van der Waals surface area (Å²) in [5, 5.41) is 12.0. The van der Waals surface area contributed by atoms with Gasteiger partial charge in [0.1, 0.15) is 11.6 Å². The first kappa shape index (κ1) is 25.4. The van der Waals surface area contributed by atoms with Crippen LogP contribution in [0.1, 0.15) is 53.8 Å². The maximum atomic E-state index is 14.2. The Hall–Kier alpha value is -3.65. The fourth-order valence-electron chi connectivity index (χ4n) is 3.79. The molecule has 2 aromatic heterocycles. The van der Waals surface area contributed by atoms with Crippen LogP contribution in [-0.2, 0) is 18.7 Å². The van der Waals surface area contributed by atoms with E-state index in [9.17, 15) is 9.18 Å². The molecule has 2 aromatic carbocycles. The first-order valence-corrected chi connectivity index (χ1v) is 12.0. The van der Waals surface area contributed by atoms with Crippen LogP contribution in [0.2, 0.25) is 5.02 Å². The van der Waals surface area contributed by atoms with Gasteiger partial charge in [0, 0.05) is 16.8 Å². The van der Waals surface area contributed by atoms with Crippen LogP contribution in [0.4, 0.5) is 10.1 Å². The normalized spacial score (nSPS) is 11.5. The first-order valence-electron chi connectivity index (χ1n) is 11.6. The zero-order valence-electron chi connectivity index (χ0n) is 21.0. The van der Waals surface area contributed by atoms with Gasteiger partial charge in [-0.05, 0) is 55.2 Å². The number of benzene rings is 2. The molecule has 0 radical (unpaired) electrons. The number of rotatable bonds is 7. The molecule has 0 spiro atoms. The van der Waals surface area contributed by atoms with E-state index in [1.807, 2.05) is 31.2 Å². The van der Waals surface area contributed by atoms with Gasteiger partial charge in [0.25, 0.3) is 5.91 Å². The summed E-state index contributed by atoms with van der Waals surface area (Å²) in [4.78, 5) is 12.9. The van der Waals surface area contributed by atoms with Gasteiger partial charge in [-0.1, -0.05) is 50.6 Å². The van der Waals surface area contributed by atoms with Gasteiger partial charge < -0.3 is 10.1 Å². The second kappa shape index (κ2) is 10.1. The van der Waals surface area contributed by atoms with E-state index in [1.165, 1.54) is 11.6 Å². The number of nitrogens with zero attached hydrogens (tertiary/aromatic N) is 4. The van der Waals surface area contributed by atoms with Crippen LogP contribution >= 0.6 is 11.6 Å². The Morgan fingerprint density at radius 1 is 1.08 bits per heavy atom. The zero-order valence-corrected chi connectivity index (χ0v) is 21.7. The Kier molecular flexibility index (Phi) is 7.17. The van der Waals surface area contributed by atoms with Crippen molar-refractivity contribution in [2.75, 3.05) is 5.32 Å². The number of anilines is 1. The lowest BCUT2D eigenvalue weighted by atomic mass is 9.87. The van der Waals surface area contributed by atoms with Gasteiger partial charge in [0.05, 0.1) is 23.6 Å². The van der Waals surface area contributed by atoms with E-state index in [4.69, 9.17) is 16.3 Å². The van der Waals surface area contributed by atoms with Crippen molar-refractivity contribution < 1.29 is 13.9 Å². The monoisotopic (exact) mass is 509 g/mol. The summed E-state index contributed by atoms with van der Waals surface area (Å²) >= 11 is 6.16. The summed E-state index contributed by atoms with van der Waals surface area (Å²) in [7, 11) is 0. The maximum absolute atomic E-state index is 14.2. The third-order valence-electron chi connectivity index (χ3n) is 5.95. The molecule has 2 heterocycles. The van der Waals surface area contributed by atoms with Crippen molar-refractivity contribution in [2.45, 2.75) is 53.3 Å². The Labute approximate surface area is 214 Å². The third kappa shape index (κ3) is 5.60. The fourth-order valence-corrected chi connectivity index (χ4v) is 4.01. The van der Waals surface area contributed by atoms with Crippen LogP contribution in [0.3, 0.4) is 0 Å². The number of hydrogen-bond acceptors (Lipinski definition) is 4. The predicted octanol–water partition coefficient (Wildman–Crippen LogP) is 6.12. The highest BCUT2D eigenvalue weighted by molar-refractivity contribution is 6.31. The summed E-state index contributed by atoms with van der Waals surface area (Å²) in [6.45, 7) is 10.4. The van der Waals surface area contributed by atoms with Gasteiger partial charge in [-0.25, -0.2) is 9.07 Å². The SMILES string of the molecule is Cc1nn(Cc2c(F)cccc2Cl)c(C)c1NC(=O)c1ccn(COc2ccc(C(C)(C)C)cc2)n1. The Balaban J connectivity index is 1.41. The summed E-state index contributed by atoms with van der Waals surface area (Å²) in [6.07, 6.45) is 1.68. The molecule has 0 atom stereocenters. The highest BCUT2D eigenvalue weighted by Crippen LogP contribution is 2.26. The quantitative estimate of drug-likeness (QED) is 0.325. The number of carbonyl (C=O) groups excluding carboxylic acids is 1. The van der Waals surface area contributed by atoms with Crippen LogP contribution in [0, 0.1) is 19.7 Å². The summed E-state index contributed by atoms with van der Waals surface area (Å²) in [5.74, 6) is -0.0605. The van der Waals surface area contributed by atoms with Crippen LogP contribution < -0.4 is 10.1 Å². The van der Waals surface area contributed by atoms with Gasteiger partial charge >= 0.3 is 0 Å². The molecule has 188 valence electrons. The Morgan fingerprint density at radius 2 is 1.81 bits per heavy atom. The fraction of sp³-hybridized carbons (Fsp3) is 0.296. The Bertz CT molecular complexity index is 1370. The van der Waals surface area contributed by atoms with E-state index in [0.29, 0.717) is 27.7 Å². The molecule has 0 unspecified atom stereocenters. The van der Waals surface area contributed by atoms with Crippen LogP contribution in [0.5, 0.6) is 5.75 Å². The number of halogens is 2. The molecule has 0 aliphatic carbocycles. The molecule has 1 N–H and O–H groups in total. The number of hydrogen-bond donors (Lipinski definition) is 1. The van der Waals surface area contributed by atoms with Gasteiger partial charge in [-0.3, -0.25) is 9.48 Å². The molecule has 0 aliphatic heterocycles. The molecule has 0 saturated carbocycles. The lowest BCUT2D eigenvalue weighted by molar-refractivity contribution is 0.102. The lowest BCUT2D eigenvalue weighted by Gasteiger charge is -2.19. The number of carbonyl (C=O) groups is 1. The zero-order chi connectivity index (χ0) is 26.0. The minimum absolute atomic E-state index is 0.0702. The molecular weight excluding hydrogens is 481 g/mol. The molecule has 9 heteroatoms. The highest BCUT2D eigenvalue weighted by Gasteiger charge is 2.19. The summed E-state index contributed by atoms with van der Waals surface area (Å²) in [5.41, 5.74) is 3.72. The van der Waals surface area contributed by atoms with Crippen LogP contribution in [0.25, 0.3) is 0 Å². The van der Waals surface area contributed by atoms with Crippen LogP contribution in [-0.4, -0.2) is 25.5 Å². The molecule has 36 heavy (non-hydrogen) atoms. The summed E-state index contributed by atoms with van der Waals surface area (Å²) in [6, 6.07) is 14.1. The Morgan fingerprint density at radius 3 is 2.47 bits per heavy atom. The molecule has 4 aromatic rings. The van der Waals surface area contributed by atoms with E-state index < -0.39 is 5.82 Å². The molecule has 7 nitrogen and oxygen atoms in total. The minimum Gasteiger partial charge on any atom is -0.471 e. The van der Waals surface area contributed by atoms with Gasteiger partial charge in [-0.2, -0.15) is 10.2 Å². The van der Waals surface area contributed by atoms with E-state index >= 15 is 0 Å². The van der Waals surface area contributed by atoms with Crippen molar-refractivity contribution in [1.29, 1.82) is 0 Å². The average molecular weight is 510 g/mol. The molecule has 1 amide bonds. The standard InChI is InChI=1S/C27H29ClFN5O2/c1-17-25(18(2)34(31-17)15-21-22(28)7-6-8-23(21)29)30-26(35)24-13-14-33(32-24)16-36-20-11-9-19(10-12-20)27(3,4)5/h6-14H,15-16H2,1-5H3,(H,30,35). The molecule has 0 aliphatic rings. The molecule has 0 fully saturated rings. The predicted molar refractivity (Wildman–Crippen MR) is 138 cm³/mol. The van der Waals surface area contributed by atoms with Crippen LogP contribution in [0.15, 0.2) is 54.7 Å². The van der Waals surface area contributed by atoms with Crippen molar-refractivity contribution in [3.8, 4) is 5.75 Å². The lowest BCUT2D eigenvalue weighted by Crippen LogP contribution is -2.15. The minimum atomic E-state index is -0.404. The topological polar surface area (TPSA) is 74.0 Å². The van der Waals surface area contributed by atoms with Crippen molar-refractivity contribution >= 4 is 23.2 Å². The molecule has 4 rings (SSSR count). The largest absolute Gasteiger partial charge is 0.471 e. The van der Waals surface area contributed by atoms with Crippen molar-refractivity contribution in [3.05, 3.63) is 93.8 Å². The molecular formula is C27H29ClFN5O2. The average Bonchev–Trinajstić information content (AvgIpc) is 3.40. The van der Waals surface area contributed by atoms with Crippen molar-refractivity contribution in [3.63, 3.8) is 0 Å². The number of amides is 1. The molecule has 0 saturated heterocycles. The smallest absolute Gasteiger partial charge is 0.276 e. The number of ether oxygens (including phenoxy) is 1. The number of nitrogens with one attached hydrogen (secondary N) is 1.